The Morgan fingerprint density at radius 2 is 1.71 bits per heavy atom. The molecule has 0 saturated carbocycles. The van der Waals surface area contributed by atoms with Gasteiger partial charge in [-0.25, -0.2) is 9.78 Å². The molecule has 0 aliphatic heterocycles. The number of rotatable bonds is 5. The van der Waals surface area contributed by atoms with Crippen molar-refractivity contribution in [3.63, 3.8) is 0 Å². The van der Waals surface area contributed by atoms with Crippen LogP contribution < -0.4 is 10.6 Å². The van der Waals surface area contributed by atoms with Crippen LogP contribution in [0.25, 0.3) is 5.69 Å². The number of hydrogen-bond donors (Lipinski definition) is 2. The summed E-state index contributed by atoms with van der Waals surface area (Å²) in [5.41, 5.74) is 2.82. The average molecular weight is 320 g/mol. The van der Waals surface area contributed by atoms with Crippen LogP contribution in [-0.4, -0.2) is 22.1 Å². The van der Waals surface area contributed by atoms with Gasteiger partial charge in [-0.05, 0) is 31.2 Å². The van der Waals surface area contributed by atoms with Gasteiger partial charge in [-0.1, -0.05) is 36.4 Å². The summed E-state index contributed by atoms with van der Waals surface area (Å²) in [6, 6.07) is 19.3. The maximum Gasteiger partial charge on any atom is 0.319 e. The summed E-state index contributed by atoms with van der Waals surface area (Å²) in [6.45, 7) is 2.51. The van der Waals surface area contributed by atoms with E-state index in [0.29, 0.717) is 13.0 Å². The van der Waals surface area contributed by atoms with E-state index in [1.807, 2.05) is 73.8 Å². The number of para-hydroxylation sites is 2. The molecule has 0 bridgehead atoms. The lowest BCUT2D eigenvalue weighted by Crippen LogP contribution is -2.30. The Balaban J connectivity index is 1.53. The first-order valence-electron chi connectivity index (χ1n) is 7.92. The number of carbonyl (C=O) groups is 1. The highest BCUT2D eigenvalue weighted by Gasteiger charge is 2.06. The Hall–Kier alpha value is -3.08. The van der Waals surface area contributed by atoms with Gasteiger partial charge in [0.1, 0.15) is 5.82 Å². The Bertz CT molecular complexity index is 797. The molecule has 2 aromatic carbocycles. The minimum absolute atomic E-state index is 0.208. The summed E-state index contributed by atoms with van der Waals surface area (Å²) in [4.78, 5) is 16.4. The summed E-state index contributed by atoms with van der Waals surface area (Å²) < 4.78 is 2.05. The molecular weight excluding hydrogens is 300 g/mol. The quantitative estimate of drug-likeness (QED) is 0.755. The molecular formula is C19H20N4O. The van der Waals surface area contributed by atoms with Crippen LogP contribution in [0.1, 0.15) is 11.5 Å². The number of aryl methyl sites for hydroxylation is 1. The lowest BCUT2D eigenvalue weighted by molar-refractivity contribution is 0.252. The van der Waals surface area contributed by atoms with Crippen LogP contribution in [0.3, 0.4) is 0 Å². The van der Waals surface area contributed by atoms with Gasteiger partial charge in [-0.2, -0.15) is 0 Å². The van der Waals surface area contributed by atoms with Gasteiger partial charge < -0.3 is 15.2 Å². The number of nitrogens with one attached hydrogen (secondary N) is 2. The van der Waals surface area contributed by atoms with Crippen LogP contribution in [0.15, 0.2) is 66.9 Å². The number of benzene rings is 2. The van der Waals surface area contributed by atoms with Gasteiger partial charge in [-0.15, -0.1) is 0 Å². The molecule has 0 saturated heterocycles. The molecule has 1 aromatic heterocycles. The van der Waals surface area contributed by atoms with E-state index in [1.54, 1.807) is 0 Å². The molecule has 1 heterocycles. The minimum Gasteiger partial charge on any atom is -0.337 e. The van der Waals surface area contributed by atoms with Gasteiger partial charge in [0.25, 0.3) is 0 Å². The second-order valence-electron chi connectivity index (χ2n) is 5.48. The maximum atomic E-state index is 11.8. The number of hydrogen-bond acceptors (Lipinski definition) is 2. The standard InChI is InChI=1S/C19H20N4O/c1-15-21-17(14-23(15)18-10-6-3-7-11-18)12-13-20-19(24)22-16-8-4-2-5-9-16/h2-11,14H,12-13H2,1H3,(H2,20,22,24). The van der Waals surface area contributed by atoms with Crippen molar-refractivity contribution >= 4 is 11.7 Å². The number of imidazole rings is 1. The number of carbonyl (C=O) groups excluding carboxylic acids is 1. The van der Waals surface area contributed by atoms with E-state index in [1.165, 1.54) is 0 Å². The zero-order valence-corrected chi connectivity index (χ0v) is 13.6. The van der Waals surface area contributed by atoms with Gasteiger partial charge in [0.05, 0.1) is 5.69 Å². The van der Waals surface area contributed by atoms with Crippen LogP contribution in [0.5, 0.6) is 0 Å². The molecule has 2 amide bonds. The van der Waals surface area contributed by atoms with Crippen molar-refractivity contribution in [1.29, 1.82) is 0 Å². The van der Waals surface area contributed by atoms with E-state index >= 15 is 0 Å². The summed E-state index contributed by atoms with van der Waals surface area (Å²) in [7, 11) is 0. The first-order valence-corrected chi connectivity index (χ1v) is 7.92. The zero-order chi connectivity index (χ0) is 16.8. The highest BCUT2D eigenvalue weighted by atomic mass is 16.2. The first-order chi connectivity index (χ1) is 11.7. The molecule has 122 valence electrons. The third-order valence-electron chi connectivity index (χ3n) is 3.66. The van der Waals surface area contributed by atoms with Crippen molar-refractivity contribution in [2.24, 2.45) is 0 Å². The molecule has 24 heavy (non-hydrogen) atoms. The molecule has 0 aliphatic carbocycles. The van der Waals surface area contributed by atoms with E-state index in [9.17, 15) is 4.79 Å². The van der Waals surface area contributed by atoms with Crippen LogP contribution in [0.2, 0.25) is 0 Å². The Morgan fingerprint density at radius 3 is 2.42 bits per heavy atom. The number of anilines is 1. The van der Waals surface area contributed by atoms with Gasteiger partial charge in [0.15, 0.2) is 0 Å². The second kappa shape index (κ2) is 7.46. The zero-order valence-electron chi connectivity index (χ0n) is 13.6. The molecule has 0 spiro atoms. The maximum absolute atomic E-state index is 11.8. The van der Waals surface area contributed by atoms with Crippen LogP contribution in [-0.2, 0) is 6.42 Å². The number of nitrogens with zero attached hydrogens (tertiary/aromatic N) is 2. The van der Waals surface area contributed by atoms with Gasteiger partial charge in [0, 0.05) is 30.5 Å². The van der Waals surface area contributed by atoms with E-state index < -0.39 is 0 Å². The SMILES string of the molecule is Cc1nc(CCNC(=O)Nc2ccccc2)cn1-c1ccccc1. The molecule has 2 N–H and O–H groups in total. The second-order valence-corrected chi connectivity index (χ2v) is 5.48. The average Bonchev–Trinajstić information content (AvgIpc) is 2.97. The fraction of sp³-hybridized carbons (Fsp3) is 0.158. The number of amides is 2. The van der Waals surface area contributed by atoms with E-state index in [-0.39, 0.29) is 6.03 Å². The van der Waals surface area contributed by atoms with Crippen molar-refractivity contribution < 1.29 is 4.79 Å². The smallest absolute Gasteiger partial charge is 0.319 e. The Kier molecular flexibility index (Phi) is 4.91. The molecule has 0 radical (unpaired) electrons. The van der Waals surface area contributed by atoms with E-state index in [0.717, 1.165) is 22.9 Å². The van der Waals surface area contributed by atoms with Crippen molar-refractivity contribution in [3.05, 3.63) is 78.4 Å². The van der Waals surface area contributed by atoms with Crippen molar-refractivity contribution in [2.75, 3.05) is 11.9 Å². The topological polar surface area (TPSA) is 59.0 Å². The largest absolute Gasteiger partial charge is 0.337 e. The van der Waals surface area contributed by atoms with Crippen molar-refractivity contribution in [2.45, 2.75) is 13.3 Å². The number of aromatic nitrogens is 2. The lowest BCUT2D eigenvalue weighted by atomic mass is 10.3. The van der Waals surface area contributed by atoms with Gasteiger partial charge in [0.2, 0.25) is 0 Å². The predicted octanol–water partition coefficient (Wildman–Crippen LogP) is 3.54. The fourth-order valence-electron chi connectivity index (χ4n) is 2.50. The molecule has 0 fully saturated rings. The molecule has 0 unspecified atom stereocenters. The highest BCUT2D eigenvalue weighted by Crippen LogP contribution is 2.12. The molecule has 0 atom stereocenters. The third-order valence-corrected chi connectivity index (χ3v) is 3.66. The highest BCUT2D eigenvalue weighted by molar-refractivity contribution is 5.89. The molecule has 5 nitrogen and oxygen atoms in total. The summed E-state index contributed by atoms with van der Waals surface area (Å²) in [5, 5.41) is 5.64. The third kappa shape index (κ3) is 4.01. The first kappa shape index (κ1) is 15.8. The molecule has 0 aliphatic rings. The molecule has 3 rings (SSSR count). The van der Waals surface area contributed by atoms with Gasteiger partial charge >= 0.3 is 6.03 Å². The van der Waals surface area contributed by atoms with Crippen LogP contribution in [0.4, 0.5) is 10.5 Å². The van der Waals surface area contributed by atoms with Crippen molar-refractivity contribution in [3.8, 4) is 5.69 Å². The summed E-state index contributed by atoms with van der Waals surface area (Å²) in [6.07, 6.45) is 2.70. The minimum atomic E-state index is -0.208. The van der Waals surface area contributed by atoms with Gasteiger partial charge in [-0.3, -0.25) is 0 Å². The fourth-order valence-corrected chi connectivity index (χ4v) is 2.50. The molecule has 3 aromatic rings. The molecule has 5 heteroatoms. The van der Waals surface area contributed by atoms with Crippen LogP contribution >= 0.6 is 0 Å². The van der Waals surface area contributed by atoms with Crippen LogP contribution in [0, 0.1) is 6.92 Å². The summed E-state index contributed by atoms with van der Waals surface area (Å²) in [5.74, 6) is 0.935. The Morgan fingerprint density at radius 1 is 1.04 bits per heavy atom. The predicted molar refractivity (Wildman–Crippen MR) is 95.5 cm³/mol. The Labute approximate surface area is 141 Å². The lowest BCUT2D eigenvalue weighted by Gasteiger charge is -2.06. The van der Waals surface area contributed by atoms with E-state index in [4.69, 9.17) is 0 Å². The monoisotopic (exact) mass is 320 g/mol. The summed E-state index contributed by atoms with van der Waals surface area (Å²) >= 11 is 0. The number of urea groups is 1. The normalized spacial score (nSPS) is 10.4. The van der Waals surface area contributed by atoms with E-state index in [2.05, 4.69) is 20.2 Å². The van der Waals surface area contributed by atoms with Crippen molar-refractivity contribution in [1.82, 2.24) is 14.9 Å².